The van der Waals surface area contributed by atoms with Crippen molar-refractivity contribution in [2.45, 2.75) is 52.2 Å². The van der Waals surface area contributed by atoms with Crippen LogP contribution in [0.5, 0.6) is 11.5 Å². The Hall–Kier alpha value is -1.18. The summed E-state index contributed by atoms with van der Waals surface area (Å²) in [6, 6.07) is 6.14. The highest BCUT2D eigenvalue weighted by Gasteiger charge is 2.39. The van der Waals surface area contributed by atoms with Gasteiger partial charge in [0.05, 0.1) is 0 Å². The summed E-state index contributed by atoms with van der Waals surface area (Å²) in [5.74, 6) is 1.40. The van der Waals surface area contributed by atoms with Gasteiger partial charge in [0.15, 0.2) is 11.5 Å². The van der Waals surface area contributed by atoms with Crippen LogP contribution in [0.3, 0.4) is 0 Å². The second-order valence-corrected chi connectivity index (χ2v) is 4.56. The predicted octanol–water partition coefficient (Wildman–Crippen LogP) is 4.06. The molecule has 1 heterocycles. The zero-order chi connectivity index (χ0) is 11.6. The molecule has 0 fully saturated rings. The number of rotatable bonds is 4. The summed E-state index contributed by atoms with van der Waals surface area (Å²) in [4.78, 5) is 0. The van der Waals surface area contributed by atoms with Gasteiger partial charge >= 0.3 is 0 Å². The van der Waals surface area contributed by atoms with Crippen molar-refractivity contribution in [3.05, 3.63) is 23.8 Å². The van der Waals surface area contributed by atoms with Gasteiger partial charge in [0.1, 0.15) is 0 Å². The molecule has 0 bridgehead atoms. The molecule has 16 heavy (non-hydrogen) atoms. The zero-order valence-electron chi connectivity index (χ0n) is 10.4. The van der Waals surface area contributed by atoms with Gasteiger partial charge in [-0.15, -0.1) is 0 Å². The highest BCUT2D eigenvalue weighted by Crippen LogP contribution is 2.43. The maximum atomic E-state index is 6.03. The third kappa shape index (κ3) is 2.01. The number of ether oxygens (including phenoxy) is 2. The van der Waals surface area contributed by atoms with Crippen molar-refractivity contribution in [3.8, 4) is 11.5 Å². The summed E-state index contributed by atoms with van der Waals surface area (Å²) in [5, 5.41) is 0. The first-order valence-electron chi connectivity index (χ1n) is 6.18. The standard InChI is InChI=1S/C14H20O2/c1-4-8-14(9-5-2)15-12-7-6-11(3)10-13(12)16-14/h6-7,10H,4-5,8-9H2,1-3H3. The van der Waals surface area contributed by atoms with E-state index in [1.807, 2.05) is 6.07 Å². The molecular weight excluding hydrogens is 200 g/mol. The Labute approximate surface area is 97.6 Å². The molecule has 1 aromatic rings. The quantitative estimate of drug-likeness (QED) is 0.761. The summed E-state index contributed by atoms with van der Waals surface area (Å²) in [6.07, 6.45) is 4.06. The first kappa shape index (κ1) is 11.3. The molecule has 2 heteroatoms. The van der Waals surface area contributed by atoms with Crippen molar-refractivity contribution in [1.29, 1.82) is 0 Å². The van der Waals surface area contributed by atoms with E-state index >= 15 is 0 Å². The summed E-state index contributed by atoms with van der Waals surface area (Å²) in [6.45, 7) is 6.40. The topological polar surface area (TPSA) is 18.5 Å². The van der Waals surface area contributed by atoms with E-state index in [9.17, 15) is 0 Å². The van der Waals surface area contributed by atoms with Crippen molar-refractivity contribution >= 4 is 0 Å². The van der Waals surface area contributed by atoms with Gasteiger partial charge in [0.25, 0.3) is 5.79 Å². The summed E-state index contributed by atoms with van der Waals surface area (Å²) < 4.78 is 12.0. The van der Waals surface area contributed by atoms with Gasteiger partial charge in [-0.25, -0.2) is 0 Å². The Kier molecular flexibility index (Phi) is 3.08. The third-order valence-corrected chi connectivity index (χ3v) is 2.95. The van der Waals surface area contributed by atoms with Crippen molar-refractivity contribution in [3.63, 3.8) is 0 Å². The Bertz CT molecular complexity index is 365. The maximum Gasteiger partial charge on any atom is 0.251 e. The molecule has 0 aliphatic carbocycles. The highest BCUT2D eigenvalue weighted by molar-refractivity contribution is 5.45. The van der Waals surface area contributed by atoms with Crippen molar-refractivity contribution in [2.75, 3.05) is 0 Å². The Morgan fingerprint density at radius 1 is 1.00 bits per heavy atom. The number of hydrogen-bond acceptors (Lipinski definition) is 2. The first-order chi connectivity index (χ1) is 7.69. The van der Waals surface area contributed by atoms with Crippen LogP contribution in [0.15, 0.2) is 18.2 Å². The second-order valence-electron chi connectivity index (χ2n) is 4.56. The normalized spacial score (nSPS) is 16.4. The van der Waals surface area contributed by atoms with Gasteiger partial charge in [-0.1, -0.05) is 19.9 Å². The minimum atomic E-state index is -0.403. The van der Waals surface area contributed by atoms with Crippen LogP contribution in [0.2, 0.25) is 0 Å². The van der Waals surface area contributed by atoms with Crippen molar-refractivity contribution in [1.82, 2.24) is 0 Å². The molecule has 0 saturated heterocycles. The van der Waals surface area contributed by atoms with E-state index in [-0.39, 0.29) is 0 Å². The van der Waals surface area contributed by atoms with Crippen LogP contribution in [0.1, 0.15) is 45.1 Å². The fourth-order valence-electron chi connectivity index (χ4n) is 2.29. The zero-order valence-corrected chi connectivity index (χ0v) is 10.4. The predicted molar refractivity (Wildman–Crippen MR) is 65.0 cm³/mol. The van der Waals surface area contributed by atoms with E-state index in [1.165, 1.54) is 5.56 Å². The molecule has 0 spiro atoms. The van der Waals surface area contributed by atoms with Crippen LogP contribution in [-0.4, -0.2) is 5.79 Å². The van der Waals surface area contributed by atoms with E-state index in [0.717, 1.165) is 37.2 Å². The lowest BCUT2D eigenvalue weighted by Crippen LogP contribution is -2.38. The molecule has 0 aromatic heterocycles. The Morgan fingerprint density at radius 2 is 1.62 bits per heavy atom. The lowest BCUT2D eigenvalue weighted by atomic mass is 10.1. The van der Waals surface area contributed by atoms with Crippen molar-refractivity contribution < 1.29 is 9.47 Å². The minimum Gasteiger partial charge on any atom is -0.448 e. The second kappa shape index (κ2) is 4.36. The van der Waals surface area contributed by atoms with E-state index in [4.69, 9.17) is 9.47 Å². The molecule has 0 N–H and O–H groups in total. The lowest BCUT2D eigenvalue weighted by Gasteiger charge is -2.26. The maximum absolute atomic E-state index is 6.03. The van der Waals surface area contributed by atoms with Crippen LogP contribution in [0.25, 0.3) is 0 Å². The number of aryl methyl sites for hydroxylation is 1. The van der Waals surface area contributed by atoms with Crippen LogP contribution in [0, 0.1) is 6.92 Å². The molecule has 1 aromatic carbocycles. The van der Waals surface area contributed by atoms with Gasteiger partial charge in [-0.05, 0) is 37.5 Å². The average Bonchev–Trinajstić information content (AvgIpc) is 2.56. The number of fused-ring (bicyclic) bond motifs is 1. The van der Waals surface area contributed by atoms with Gasteiger partial charge in [0, 0.05) is 12.8 Å². The minimum absolute atomic E-state index is 0.403. The molecular formula is C14H20O2. The molecule has 1 aliphatic rings. The van der Waals surface area contributed by atoms with E-state index in [1.54, 1.807) is 0 Å². The van der Waals surface area contributed by atoms with E-state index in [2.05, 4.69) is 32.9 Å². The molecule has 2 nitrogen and oxygen atoms in total. The van der Waals surface area contributed by atoms with Gasteiger partial charge in [-0.3, -0.25) is 0 Å². The number of hydrogen-bond donors (Lipinski definition) is 0. The van der Waals surface area contributed by atoms with Gasteiger partial charge < -0.3 is 9.47 Å². The highest BCUT2D eigenvalue weighted by atomic mass is 16.7. The molecule has 0 atom stereocenters. The Morgan fingerprint density at radius 3 is 2.25 bits per heavy atom. The molecule has 0 saturated carbocycles. The smallest absolute Gasteiger partial charge is 0.251 e. The summed E-state index contributed by atoms with van der Waals surface area (Å²) >= 11 is 0. The lowest BCUT2D eigenvalue weighted by molar-refractivity contribution is -0.0926. The molecule has 1 aliphatic heterocycles. The van der Waals surface area contributed by atoms with Gasteiger partial charge in [-0.2, -0.15) is 0 Å². The Balaban J connectivity index is 2.23. The van der Waals surface area contributed by atoms with Crippen molar-refractivity contribution in [2.24, 2.45) is 0 Å². The largest absolute Gasteiger partial charge is 0.448 e. The monoisotopic (exact) mass is 220 g/mol. The van der Waals surface area contributed by atoms with Crippen LogP contribution in [-0.2, 0) is 0 Å². The molecule has 2 rings (SSSR count). The van der Waals surface area contributed by atoms with Crippen LogP contribution in [0.4, 0.5) is 0 Å². The molecule has 0 radical (unpaired) electrons. The first-order valence-corrected chi connectivity index (χ1v) is 6.18. The van der Waals surface area contributed by atoms with Crippen LogP contribution < -0.4 is 9.47 Å². The van der Waals surface area contributed by atoms with Crippen LogP contribution >= 0.6 is 0 Å². The summed E-state index contributed by atoms with van der Waals surface area (Å²) in [7, 11) is 0. The molecule has 0 amide bonds. The number of benzene rings is 1. The summed E-state index contributed by atoms with van der Waals surface area (Å²) in [5.41, 5.74) is 1.21. The molecule has 88 valence electrons. The SMILES string of the molecule is CCCC1(CCC)Oc2ccc(C)cc2O1. The van der Waals surface area contributed by atoms with E-state index < -0.39 is 5.79 Å². The molecule has 0 unspecified atom stereocenters. The van der Waals surface area contributed by atoms with Gasteiger partial charge in [0.2, 0.25) is 0 Å². The average molecular weight is 220 g/mol. The fourth-order valence-corrected chi connectivity index (χ4v) is 2.29. The van der Waals surface area contributed by atoms with E-state index in [0.29, 0.717) is 0 Å². The fraction of sp³-hybridized carbons (Fsp3) is 0.571. The third-order valence-electron chi connectivity index (χ3n) is 2.95.